The highest BCUT2D eigenvalue weighted by atomic mass is 35.5. The van der Waals surface area contributed by atoms with Gasteiger partial charge in [0.1, 0.15) is 0 Å². The number of amides is 2. The van der Waals surface area contributed by atoms with E-state index in [1.165, 1.54) is 0 Å². The van der Waals surface area contributed by atoms with Crippen molar-refractivity contribution in [3.63, 3.8) is 0 Å². The van der Waals surface area contributed by atoms with Crippen LogP contribution in [0, 0.1) is 0 Å². The Kier molecular flexibility index (Phi) is 7.22. The van der Waals surface area contributed by atoms with Gasteiger partial charge in [0.15, 0.2) is 0 Å². The van der Waals surface area contributed by atoms with Gasteiger partial charge >= 0.3 is 6.03 Å². The third-order valence-corrected chi connectivity index (χ3v) is 2.54. The second-order valence-corrected chi connectivity index (χ2v) is 4.79. The van der Waals surface area contributed by atoms with Crippen molar-refractivity contribution < 1.29 is 4.79 Å². The first kappa shape index (κ1) is 16.1. The van der Waals surface area contributed by atoms with E-state index in [0.29, 0.717) is 10.7 Å². The highest BCUT2D eigenvalue weighted by Crippen LogP contribution is 2.19. The molecule has 0 fully saturated rings. The molecule has 3 nitrogen and oxygen atoms in total. The quantitative estimate of drug-likeness (QED) is 0.836. The van der Waals surface area contributed by atoms with Crippen LogP contribution in [0.4, 0.5) is 10.5 Å². The summed E-state index contributed by atoms with van der Waals surface area (Å²) >= 11 is 5.86. The zero-order valence-electron chi connectivity index (χ0n) is 11.6. The lowest BCUT2D eigenvalue weighted by Gasteiger charge is -2.10. The summed E-state index contributed by atoms with van der Waals surface area (Å²) in [7, 11) is 0. The smallest absolute Gasteiger partial charge is 0.319 e. The molecule has 20 heavy (non-hydrogen) atoms. The monoisotopic (exact) mass is 290 g/mol. The number of hydrogen-bond acceptors (Lipinski definition) is 1. The topological polar surface area (TPSA) is 41.1 Å². The highest BCUT2D eigenvalue weighted by Gasteiger charge is 2.04. The summed E-state index contributed by atoms with van der Waals surface area (Å²) in [6.45, 7) is 3.79. The van der Waals surface area contributed by atoms with E-state index in [2.05, 4.69) is 10.6 Å². The van der Waals surface area contributed by atoms with Gasteiger partial charge in [0.25, 0.3) is 0 Å². The first-order valence-electron chi connectivity index (χ1n) is 6.41. The van der Waals surface area contributed by atoms with E-state index in [1.54, 1.807) is 12.1 Å². The normalized spacial score (nSPS) is 9.40. The van der Waals surface area contributed by atoms with Gasteiger partial charge in [0.05, 0.1) is 10.7 Å². The summed E-state index contributed by atoms with van der Waals surface area (Å²) in [6, 6.07) is 19.0. The number of halogens is 1. The molecule has 2 N–H and O–H groups in total. The average Bonchev–Trinajstić information content (AvgIpc) is 2.43. The molecule has 0 spiro atoms. The van der Waals surface area contributed by atoms with E-state index in [0.717, 1.165) is 0 Å². The number of anilines is 1. The standard InChI is InChI=1S/C10H13ClN2O.C6H6/c1-7(2)12-10(14)13-9-6-4-3-5-8(9)11;1-2-4-6-5-3-1/h3-7H,1-2H3,(H2,12,13,14);1-6H. The Hall–Kier alpha value is -2.00. The Labute approximate surface area is 125 Å². The van der Waals surface area contributed by atoms with E-state index in [4.69, 9.17) is 11.6 Å². The first-order chi connectivity index (χ1) is 9.59. The van der Waals surface area contributed by atoms with E-state index in [1.807, 2.05) is 62.4 Å². The zero-order valence-corrected chi connectivity index (χ0v) is 12.4. The molecule has 0 aliphatic heterocycles. The summed E-state index contributed by atoms with van der Waals surface area (Å²) in [5, 5.41) is 5.90. The number of carbonyl (C=O) groups excluding carboxylic acids is 1. The van der Waals surface area contributed by atoms with Crippen LogP contribution in [0.3, 0.4) is 0 Å². The SMILES string of the molecule is CC(C)NC(=O)Nc1ccccc1Cl.c1ccccc1. The Balaban J connectivity index is 0.000000276. The van der Waals surface area contributed by atoms with E-state index < -0.39 is 0 Å². The minimum absolute atomic E-state index is 0.109. The lowest BCUT2D eigenvalue weighted by atomic mass is 10.3. The number of hydrogen-bond donors (Lipinski definition) is 2. The lowest BCUT2D eigenvalue weighted by Crippen LogP contribution is -2.34. The molecule has 106 valence electrons. The van der Waals surface area contributed by atoms with Crippen molar-refractivity contribution in [2.45, 2.75) is 19.9 Å². The molecule has 0 aromatic heterocycles. The van der Waals surface area contributed by atoms with Gasteiger partial charge in [-0.05, 0) is 26.0 Å². The largest absolute Gasteiger partial charge is 0.336 e. The predicted molar refractivity (Wildman–Crippen MR) is 85.2 cm³/mol. The molecule has 2 aromatic carbocycles. The van der Waals surface area contributed by atoms with Gasteiger partial charge in [-0.3, -0.25) is 0 Å². The maximum absolute atomic E-state index is 11.3. The van der Waals surface area contributed by atoms with Gasteiger partial charge in [0.2, 0.25) is 0 Å². The summed E-state index contributed by atoms with van der Waals surface area (Å²) in [5.41, 5.74) is 0.618. The van der Waals surface area contributed by atoms with Crippen LogP contribution in [0.25, 0.3) is 0 Å². The molecule has 2 rings (SSSR count). The van der Waals surface area contributed by atoms with Crippen molar-refractivity contribution >= 4 is 23.3 Å². The zero-order chi connectivity index (χ0) is 14.8. The molecule has 4 heteroatoms. The fourth-order valence-electron chi connectivity index (χ4n) is 1.37. The van der Waals surface area contributed by atoms with Crippen LogP contribution in [0.2, 0.25) is 5.02 Å². The molecular weight excluding hydrogens is 272 g/mol. The number of urea groups is 1. The lowest BCUT2D eigenvalue weighted by molar-refractivity contribution is 0.250. The summed E-state index contributed by atoms with van der Waals surface area (Å²) < 4.78 is 0. The average molecular weight is 291 g/mol. The molecule has 2 aromatic rings. The van der Waals surface area contributed by atoms with Gasteiger partial charge in [0, 0.05) is 6.04 Å². The Morgan fingerprint density at radius 3 is 1.90 bits per heavy atom. The molecule has 0 atom stereocenters. The second kappa shape index (κ2) is 8.99. The summed E-state index contributed by atoms with van der Waals surface area (Å²) in [5.74, 6) is 0. The van der Waals surface area contributed by atoms with Gasteiger partial charge in [-0.15, -0.1) is 0 Å². The molecule has 0 aliphatic rings. The third-order valence-electron chi connectivity index (χ3n) is 2.21. The van der Waals surface area contributed by atoms with Crippen LogP contribution in [0.15, 0.2) is 60.7 Å². The van der Waals surface area contributed by atoms with E-state index in [-0.39, 0.29) is 12.1 Å². The van der Waals surface area contributed by atoms with Crippen LogP contribution in [0.5, 0.6) is 0 Å². The Morgan fingerprint density at radius 2 is 1.45 bits per heavy atom. The maximum atomic E-state index is 11.3. The molecule has 2 amide bonds. The van der Waals surface area contributed by atoms with Crippen LogP contribution < -0.4 is 10.6 Å². The fraction of sp³-hybridized carbons (Fsp3) is 0.188. The van der Waals surface area contributed by atoms with Gasteiger partial charge in [-0.25, -0.2) is 4.79 Å². The minimum Gasteiger partial charge on any atom is -0.336 e. The molecule has 0 unspecified atom stereocenters. The molecular formula is C16H19ClN2O. The Morgan fingerprint density at radius 1 is 0.950 bits per heavy atom. The Bertz CT molecular complexity index is 488. The number of nitrogens with one attached hydrogen (secondary N) is 2. The van der Waals surface area contributed by atoms with Crippen LogP contribution in [0.1, 0.15) is 13.8 Å². The highest BCUT2D eigenvalue weighted by molar-refractivity contribution is 6.33. The van der Waals surface area contributed by atoms with Crippen molar-refractivity contribution in [2.24, 2.45) is 0 Å². The fourth-order valence-corrected chi connectivity index (χ4v) is 1.55. The predicted octanol–water partition coefficient (Wildman–Crippen LogP) is 4.56. The number of benzene rings is 2. The van der Waals surface area contributed by atoms with E-state index in [9.17, 15) is 4.79 Å². The maximum Gasteiger partial charge on any atom is 0.319 e. The van der Waals surface area contributed by atoms with Gasteiger partial charge in [-0.2, -0.15) is 0 Å². The van der Waals surface area contributed by atoms with Gasteiger partial charge in [-0.1, -0.05) is 60.1 Å². The second-order valence-electron chi connectivity index (χ2n) is 4.39. The summed E-state index contributed by atoms with van der Waals surface area (Å²) in [4.78, 5) is 11.3. The molecule has 0 saturated carbocycles. The van der Waals surface area contributed by atoms with Crippen LogP contribution in [-0.4, -0.2) is 12.1 Å². The molecule has 0 aliphatic carbocycles. The van der Waals surface area contributed by atoms with Crippen molar-refractivity contribution in [3.8, 4) is 0 Å². The summed E-state index contributed by atoms with van der Waals surface area (Å²) in [6.07, 6.45) is 0. The number of carbonyl (C=O) groups is 1. The van der Waals surface area contributed by atoms with Crippen LogP contribution >= 0.6 is 11.6 Å². The molecule has 0 bridgehead atoms. The molecule has 0 radical (unpaired) electrons. The van der Waals surface area contributed by atoms with E-state index >= 15 is 0 Å². The number of para-hydroxylation sites is 1. The van der Waals surface area contributed by atoms with Crippen LogP contribution in [-0.2, 0) is 0 Å². The molecule has 0 heterocycles. The van der Waals surface area contributed by atoms with Crippen molar-refractivity contribution in [2.75, 3.05) is 5.32 Å². The first-order valence-corrected chi connectivity index (χ1v) is 6.79. The molecule has 0 saturated heterocycles. The minimum atomic E-state index is -0.242. The van der Waals surface area contributed by atoms with Gasteiger partial charge < -0.3 is 10.6 Å². The number of rotatable bonds is 2. The van der Waals surface area contributed by atoms with Crippen molar-refractivity contribution in [1.82, 2.24) is 5.32 Å². The van der Waals surface area contributed by atoms with Crippen molar-refractivity contribution in [1.29, 1.82) is 0 Å². The van der Waals surface area contributed by atoms with Crippen molar-refractivity contribution in [3.05, 3.63) is 65.7 Å². The third kappa shape index (κ3) is 6.81.